The van der Waals surface area contributed by atoms with Crippen molar-refractivity contribution >= 4 is 11.6 Å². The number of carbonyl (C=O) groups is 1. The van der Waals surface area contributed by atoms with Crippen LogP contribution in [0.5, 0.6) is 0 Å². The maximum atomic E-state index is 11.7. The molecule has 1 atom stereocenters. The number of aliphatic hydroxyl groups is 1. The zero-order chi connectivity index (χ0) is 12.4. The van der Waals surface area contributed by atoms with Gasteiger partial charge in [-0.2, -0.15) is 0 Å². The Morgan fingerprint density at radius 2 is 2.29 bits per heavy atom. The van der Waals surface area contributed by atoms with Gasteiger partial charge in [-0.1, -0.05) is 0 Å². The summed E-state index contributed by atoms with van der Waals surface area (Å²) < 4.78 is 1.75. The highest BCUT2D eigenvalue weighted by atomic mass is 16.3. The van der Waals surface area contributed by atoms with Gasteiger partial charge in [-0.05, 0) is 26.0 Å². The summed E-state index contributed by atoms with van der Waals surface area (Å²) in [5.74, 6) is 0.506. The predicted molar refractivity (Wildman–Crippen MR) is 61.7 cm³/mol. The number of aryl methyl sites for hydroxylation is 1. The van der Waals surface area contributed by atoms with Crippen molar-refractivity contribution in [3.8, 4) is 0 Å². The average Bonchev–Trinajstić information content (AvgIpc) is 2.67. The van der Waals surface area contributed by atoms with Crippen LogP contribution in [0.15, 0.2) is 18.3 Å². The van der Waals surface area contributed by atoms with Crippen molar-refractivity contribution < 1.29 is 9.90 Å². The Morgan fingerprint density at radius 1 is 1.53 bits per heavy atom. The van der Waals surface area contributed by atoms with Gasteiger partial charge in [0.05, 0.1) is 11.7 Å². The second kappa shape index (κ2) is 4.50. The minimum Gasteiger partial charge on any atom is -0.392 e. The molecular weight excluding hydrogens is 220 g/mol. The summed E-state index contributed by atoms with van der Waals surface area (Å²) in [6.45, 7) is 3.67. The molecule has 17 heavy (non-hydrogen) atoms. The molecule has 0 spiro atoms. The van der Waals surface area contributed by atoms with Crippen LogP contribution in [0.1, 0.15) is 23.1 Å². The van der Waals surface area contributed by atoms with Gasteiger partial charge in [-0.3, -0.25) is 9.20 Å². The number of nitrogens with zero attached hydrogens (tertiary/aromatic N) is 3. The smallest absolute Gasteiger partial charge is 0.252 e. The SMILES string of the molecule is Cc1nnc2ccc(C(=O)NC[C@@H](C)O)cn12. The molecule has 6 heteroatoms. The lowest BCUT2D eigenvalue weighted by atomic mass is 10.2. The summed E-state index contributed by atoms with van der Waals surface area (Å²) in [5.41, 5.74) is 1.22. The van der Waals surface area contributed by atoms with Gasteiger partial charge >= 0.3 is 0 Å². The van der Waals surface area contributed by atoms with Crippen LogP contribution in [0, 0.1) is 6.92 Å². The lowest BCUT2D eigenvalue weighted by molar-refractivity contribution is 0.0923. The van der Waals surface area contributed by atoms with E-state index in [-0.39, 0.29) is 12.5 Å². The zero-order valence-electron chi connectivity index (χ0n) is 9.71. The fourth-order valence-electron chi connectivity index (χ4n) is 1.48. The fourth-order valence-corrected chi connectivity index (χ4v) is 1.48. The first-order chi connectivity index (χ1) is 8.08. The van der Waals surface area contributed by atoms with Crippen LogP contribution in [0.2, 0.25) is 0 Å². The maximum absolute atomic E-state index is 11.7. The summed E-state index contributed by atoms with van der Waals surface area (Å²) in [7, 11) is 0. The first kappa shape index (κ1) is 11.5. The number of hydrogen-bond donors (Lipinski definition) is 2. The Kier molecular flexibility index (Phi) is 3.06. The van der Waals surface area contributed by atoms with Gasteiger partial charge < -0.3 is 10.4 Å². The van der Waals surface area contributed by atoms with Gasteiger partial charge in [0.2, 0.25) is 0 Å². The Labute approximate surface area is 98.3 Å². The van der Waals surface area contributed by atoms with E-state index in [1.165, 1.54) is 0 Å². The molecule has 2 aromatic rings. The lowest BCUT2D eigenvalue weighted by Gasteiger charge is -2.07. The largest absolute Gasteiger partial charge is 0.392 e. The van der Waals surface area contributed by atoms with E-state index in [0.717, 1.165) is 5.82 Å². The van der Waals surface area contributed by atoms with Crippen molar-refractivity contribution in [2.45, 2.75) is 20.0 Å². The molecule has 0 saturated heterocycles. The maximum Gasteiger partial charge on any atom is 0.252 e. The van der Waals surface area contributed by atoms with E-state index in [2.05, 4.69) is 15.5 Å². The summed E-state index contributed by atoms with van der Waals surface area (Å²) in [6.07, 6.45) is 1.13. The molecule has 1 amide bonds. The number of hydrogen-bond acceptors (Lipinski definition) is 4. The highest BCUT2D eigenvalue weighted by Crippen LogP contribution is 2.06. The molecule has 0 bridgehead atoms. The summed E-state index contributed by atoms with van der Waals surface area (Å²) in [5, 5.41) is 19.6. The van der Waals surface area contributed by atoms with E-state index in [9.17, 15) is 4.79 Å². The van der Waals surface area contributed by atoms with Crippen molar-refractivity contribution in [1.29, 1.82) is 0 Å². The molecule has 2 rings (SSSR count). The predicted octanol–water partition coefficient (Wildman–Crippen LogP) is 0.148. The highest BCUT2D eigenvalue weighted by Gasteiger charge is 2.08. The minimum atomic E-state index is -0.556. The summed E-state index contributed by atoms with van der Waals surface area (Å²) in [4.78, 5) is 11.7. The normalized spacial score (nSPS) is 12.6. The third kappa shape index (κ3) is 2.42. The molecule has 2 N–H and O–H groups in total. The van der Waals surface area contributed by atoms with Gasteiger partial charge in [0.25, 0.3) is 5.91 Å². The molecule has 0 aromatic carbocycles. The number of aliphatic hydroxyl groups excluding tert-OH is 1. The summed E-state index contributed by atoms with van der Waals surface area (Å²) >= 11 is 0. The Bertz CT molecular complexity index is 547. The quantitative estimate of drug-likeness (QED) is 0.792. The standard InChI is InChI=1S/C11H14N4O2/c1-7(16)5-12-11(17)9-3-4-10-14-13-8(2)15(10)6-9/h3-4,6-7,16H,5H2,1-2H3,(H,12,17)/t7-/m1/s1. The number of fused-ring (bicyclic) bond motifs is 1. The van der Waals surface area contributed by atoms with E-state index in [4.69, 9.17) is 5.11 Å². The number of carbonyl (C=O) groups excluding carboxylic acids is 1. The van der Waals surface area contributed by atoms with Crippen LogP contribution in [-0.2, 0) is 0 Å². The van der Waals surface area contributed by atoms with E-state index >= 15 is 0 Å². The van der Waals surface area contributed by atoms with Crippen LogP contribution in [0.3, 0.4) is 0 Å². The van der Waals surface area contributed by atoms with E-state index in [1.54, 1.807) is 29.7 Å². The fraction of sp³-hybridized carbons (Fsp3) is 0.364. The molecule has 0 saturated carbocycles. The summed E-state index contributed by atoms with van der Waals surface area (Å²) in [6, 6.07) is 3.41. The zero-order valence-corrected chi connectivity index (χ0v) is 9.71. The average molecular weight is 234 g/mol. The van der Waals surface area contributed by atoms with Crippen LogP contribution < -0.4 is 5.32 Å². The number of pyridine rings is 1. The van der Waals surface area contributed by atoms with Gasteiger partial charge in [0.1, 0.15) is 5.82 Å². The van der Waals surface area contributed by atoms with Crippen molar-refractivity contribution in [2.75, 3.05) is 6.54 Å². The monoisotopic (exact) mass is 234 g/mol. The third-order valence-corrected chi connectivity index (χ3v) is 2.39. The molecule has 0 aliphatic carbocycles. The lowest BCUT2D eigenvalue weighted by Crippen LogP contribution is -2.30. The first-order valence-electron chi connectivity index (χ1n) is 5.35. The van der Waals surface area contributed by atoms with Crippen LogP contribution in [0.4, 0.5) is 0 Å². The Morgan fingerprint density at radius 3 is 3.00 bits per heavy atom. The first-order valence-corrected chi connectivity index (χ1v) is 5.35. The topological polar surface area (TPSA) is 79.5 Å². The molecule has 0 unspecified atom stereocenters. The molecule has 0 aliphatic heterocycles. The third-order valence-electron chi connectivity index (χ3n) is 2.39. The number of nitrogens with one attached hydrogen (secondary N) is 1. The van der Waals surface area contributed by atoms with Gasteiger partial charge in [0, 0.05) is 12.7 Å². The molecule has 0 fully saturated rings. The highest BCUT2D eigenvalue weighted by molar-refractivity contribution is 5.94. The number of amides is 1. The number of aromatic nitrogens is 3. The number of rotatable bonds is 3. The molecular formula is C11H14N4O2. The second-order valence-corrected chi connectivity index (χ2v) is 3.95. The second-order valence-electron chi connectivity index (χ2n) is 3.95. The molecule has 6 nitrogen and oxygen atoms in total. The Balaban J connectivity index is 2.23. The minimum absolute atomic E-state index is 0.221. The van der Waals surface area contributed by atoms with Gasteiger partial charge in [-0.25, -0.2) is 0 Å². The van der Waals surface area contributed by atoms with Crippen molar-refractivity contribution in [3.05, 3.63) is 29.7 Å². The molecule has 2 heterocycles. The van der Waals surface area contributed by atoms with Gasteiger partial charge in [-0.15, -0.1) is 10.2 Å². The van der Waals surface area contributed by atoms with E-state index in [1.807, 2.05) is 6.92 Å². The molecule has 2 aromatic heterocycles. The molecule has 90 valence electrons. The van der Waals surface area contributed by atoms with Gasteiger partial charge in [0.15, 0.2) is 5.65 Å². The van der Waals surface area contributed by atoms with E-state index < -0.39 is 6.10 Å². The molecule has 0 aliphatic rings. The van der Waals surface area contributed by atoms with Crippen molar-refractivity contribution in [2.24, 2.45) is 0 Å². The van der Waals surface area contributed by atoms with Crippen molar-refractivity contribution in [1.82, 2.24) is 19.9 Å². The van der Waals surface area contributed by atoms with Crippen LogP contribution in [-0.4, -0.2) is 38.3 Å². The Hall–Kier alpha value is -1.95. The van der Waals surface area contributed by atoms with Crippen LogP contribution in [0.25, 0.3) is 5.65 Å². The van der Waals surface area contributed by atoms with Crippen LogP contribution >= 0.6 is 0 Å². The van der Waals surface area contributed by atoms with Crippen molar-refractivity contribution in [3.63, 3.8) is 0 Å². The molecule has 0 radical (unpaired) electrons. The van der Waals surface area contributed by atoms with E-state index in [0.29, 0.717) is 11.2 Å².